The van der Waals surface area contributed by atoms with Gasteiger partial charge in [-0.15, -0.1) is 0 Å². The molecule has 19 heavy (non-hydrogen) atoms. The van der Waals surface area contributed by atoms with Gasteiger partial charge in [-0.1, -0.05) is 24.3 Å². The predicted molar refractivity (Wildman–Crippen MR) is 68.4 cm³/mol. The Morgan fingerprint density at radius 3 is 2.47 bits per heavy atom. The fraction of sp³-hybridized carbons (Fsp3) is 0.133. The van der Waals surface area contributed by atoms with E-state index in [0.717, 1.165) is 23.4 Å². The van der Waals surface area contributed by atoms with Gasteiger partial charge in [0.2, 0.25) is 0 Å². The summed E-state index contributed by atoms with van der Waals surface area (Å²) in [7, 11) is 0. The Hall–Kier alpha value is -2.23. The van der Waals surface area contributed by atoms with E-state index in [1.807, 2.05) is 18.2 Å². The second-order valence-electron chi connectivity index (χ2n) is 4.48. The highest BCUT2D eigenvalue weighted by Gasteiger charge is 2.31. The van der Waals surface area contributed by atoms with Crippen LogP contribution in [0.3, 0.4) is 0 Å². The molecule has 0 spiro atoms. The van der Waals surface area contributed by atoms with Crippen LogP contribution in [0.25, 0.3) is 0 Å². The van der Waals surface area contributed by atoms with Gasteiger partial charge in [0, 0.05) is 12.2 Å². The van der Waals surface area contributed by atoms with Crippen LogP contribution >= 0.6 is 0 Å². The van der Waals surface area contributed by atoms with Crippen molar-refractivity contribution >= 4 is 11.5 Å². The molecule has 2 nitrogen and oxygen atoms in total. The Labute approximate surface area is 109 Å². The van der Waals surface area contributed by atoms with Crippen molar-refractivity contribution in [3.05, 3.63) is 65.2 Å². The molecule has 96 valence electrons. The quantitative estimate of drug-likeness (QED) is 0.838. The third-order valence-electron chi connectivity index (χ3n) is 3.36. The van der Waals surface area contributed by atoms with E-state index >= 15 is 0 Å². The molecule has 0 radical (unpaired) electrons. The number of anilines is 1. The van der Waals surface area contributed by atoms with E-state index in [1.165, 1.54) is 6.07 Å². The van der Waals surface area contributed by atoms with Crippen molar-refractivity contribution < 1.29 is 13.6 Å². The van der Waals surface area contributed by atoms with Crippen LogP contribution in [-0.2, 0) is 0 Å². The topological polar surface area (TPSA) is 29.1 Å². The lowest BCUT2D eigenvalue weighted by atomic mass is 9.92. The molecular formula is C15H11F2NO. The first kappa shape index (κ1) is 11.8. The lowest BCUT2D eigenvalue weighted by Crippen LogP contribution is -2.17. The van der Waals surface area contributed by atoms with Crippen LogP contribution < -0.4 is 5.32 Å². The molecule has 1 aliphatic rings. The maximum atomic E-state index is 13.6. The van der Waals surface area contributed by atoms with E-state index in [4.69, 9.17) is 0 Å². The Kier molecular flexibility index (Phi) is 2.78. The van der Waals surface area contributed by atoms with Gasteiger partial charge >= 0.3 is 0 Å². The fourth-order valence-electron chi connectivity index (χ4n) is 2.43. The third-order valence-corrected chi connectivity index (χ3v) is 3.36. The molecule has 1 heterocycles. The van der Waals surface area contributed by atoms with Gasteiger partial charge in [-0.05, 0) is 23.8 Å². The molecule has 1 N–H and O–H groups in total. The largest absolute Gasteiger partial charge is 0.384 e. The Balaban J connectivity index is 2.03. The standard InChI is InChI=1S/C15H11F2NO/c16-11-5-3-6-12(17)14(11)15(19)10-8-18-13-7-2-1-4-9(10)13/h1-7,10,18H,8H2. The third kappa shape index (κ3) is 1.89. The zero-order chi connectivity index (χ0) is 13.4. The molecule has 0 aromatic heterocycles. The van der Waals surface area contributed by atoms with Crippen molar-refractivity contribution in [2.24, 2.45) is 0 Å². The highest BCUT2D eigenvalue weighted by molar-refractivity contribution is 6.03. The molecule has 2 aromatic rings. The molecule has 1 aliphatic heterocycles. The molecule has 2 aromatic carbocycles. The molecule has 0 bridgehead atoms. The zero-order valence-electron chi connectivity index (χ0n) is 9.99. The van der Waals surface area contributed by atoms with E-state index in [2.05, 4.69) is 5.32 Å². The number of para-hydroxylation sites is 1. The Bertz CT molecular complexity index is 634. The first-order valence-corrected chi connectivity index (χ1v) is 5.99. The summed E-state index contributed by atoms with van der Waals surface area (Å²) in [4.78, 5) is 12.3. The number of rotatable bonds is 2. The summed E-state index contributed by atoms with van der Waals surface area (Å²) in [6, 6.07) is 10.8. The molecular weight excluding hydrogens is 248 g/mol. The van der Waals surface area contributed by atoms with E-state index in [-0.39, 0.29) is 0 Å². The Morgan fingerprint density at radius 2 is 1.74 bits per heavy atom. The highest BCUT2D eigenvalue weighted by Crippen LogP contribution is 2.34. The number of Topliss-reactive ketones (excluding diaryl/α,β-unsaturated/α-hetero) is 1. The van der Waals surface area contributed by atoms with Crippen LogP contribution in [-0.4, -0.2) is 12.3 Å². The van der Waals surface area contributed by atoms with Gasteiger partial charge in [0.1, 0.15) is 11.6 Å². The maximum absolute atomic E-state index is 13.6. The van der Waals surface area contributed by atoms with Crippen molar-refractivity contribution in [2.45, 2.75) is 5.92 Å². The smallest absolute Gasteiger partial charge is 0.178 e. The average molecular weight is 259 g/mol. The molecule has 3 rings (SSSR count). The van der Waals surface area contributed by atoms with E-state index in [0.29, 0.717) is 6.54 Å². The normalized spacial score (nSPS) is 16.8. The summed E-state index contributed by atoms with van der Waals surface area (Å²) >= 11 is 0. The minimum absolute atomic E-state index is 0.367. The zero-order valence-corrected chi connectivity index (χ0v) is 9.99. The SMILES string of the molecule is O=C(c1c(F)cccc1F)C1CNc2ccccc21. The number of hydrogen-bond acceptors (Lipinski definition) is 2. The van der Waals surface area contributed by atoms with Gasteiger partial charge in [-0.25, -0.2) is 8.78 Å². The average Bonchev–Trinajstić information content (AvgIpc) is 2.82. The molecule has 0 fully saturated rings. The number of carbonyl (C=O) groups is 1. The highest BCUT2D eigenvalue weighted by atomic mass is 19.1. The summed E-state index contributed by atoms with van der Waals surface area (Å²) < 4.78 is 27.3. The van der Waals surface area contributed by atoms with E-state index < -0.39 is 28.9 Å². The van der Waals surface area contributed by atoms with Crippen LogP contribution in [0.2, 0.25) is 0 Å². The molecule has 0 saturated heterocycles. The molecule has 1 unspecified atom stereocenters. The molecule has 4 heteroatoms. The number of hydrogen-bond donors (Lipinski definition) is 1. The van der Waals surface area contributed by atoms with E-state index in [1.54, 1.807) is 6.07 Å². The summed E-state index contributed by atoms with van der Waals surface area (Å²) in [6.07, 6.45) is 0. The monoisotopic (exact) mass is 259 g/mol. The summed E-state index contributed by atoms with van der Waals surface area (Å²) in [6.45, 7) is 0.367. The van der Waals surface area contributed by atoms with Crippen molar-refractivity contribution in [3.8, 4) is 0 Å². The molecule has 0 amide bonds. The molecule has 0 saturated carbocycles. The summed E-state index contributed by atoms with van der Waals surface area (Å²) in [5.41, 5.74) is 1.18. The first-order chi connectivity index (χ1) is 9.18. The number of fused-ring (bicyclic) bond motifs is 1. The van der Waals surface area contributed by atoms with Gasteiger partial charge in [0.15, 0.2) is 5.78 Å². The number of ketones is 1. The lowest BCUT2D eigenvalue weighted by molar-refractivity contribution is 0.0958. The van der Waals surface area contributed by atoms with Crippen molar-refractivity contribution in [1.29, 1.82) is 0 Å². The minimum Gasteiger partial charge on any atom is -0.384 e. The van der Waals surface area contributed by atoms with Gasteiger partial charge in [0.25, 0.3) is 0 Å². The fourth-order valence-corrected chi connectivity index (χ4v) is 2.43. The second-order valence-corrected chi connectivity index (χ2v) is 4.48. The molecule has 1 atom stereocenters. The first-order valence-electron chi connectivity index (χ1n) is 5.99. The van der Waals surface area contributed by atoms with Crippen LogP contribution in [0, 0.1) is 11.6 Å². The molecule has 0 aliphatic carbocycles. The van der Waals surface area contributed by atoms with Crippen LogP contribution in [0.15, 0.2) is 42.5 Å². The van der Waals surface area contributed by atoms with Crippen LogP contribution in [0.1, 0.15) is 21.8 Å². The van der Waals surface area contributed by atoms with Gasteiger partial charge < -0.3 is 5.32 Å². The predicted octanol–water partition coefficient (Wildman–Crippen LogP) is 3.36. The summed E-state index contributed by atoms with van der Waals surface area (Å²) in [5, 5.41) is 3.07. The minimum atomic E-state index is -0.811. The number of nitrogens with one attached hydrogen (secondary N) is 1. The Morgan fingerprint density at radius 1 is 1.05 bits per heavy atom. The number of carbonyl (C=O) groups excluding carboxylic acids is 1. The van der Waals surface area contributed by atoms with Crippen molar-refractivity contribution in [2.75, 3.05) is 11.9 Å². The van der Waals surface area contributed by atoms with Crippen molar-refractivity contribution in [1.82, 2.24) is 0 Å². The van der Waals surface area contributed by atoms with Gasteiger partial charge in [0.05, 0.1) is 11.5 Å². The second kappa shape index (κ2) is 4.46. The van der Waals surface area contributed by atoms with E-state index in [9.17, 15) is 13.6 Å². The van der Waals surface area contributed by atoms with Crippen LogP contribution in [0.4, 0.5) is 14.5 Å². The number of benzene rings is 2. The summed E-state index contributed by atoms with van der Waals surface area (Å²) in [5.74, 6) is -2.68. The maximum Gasteiger partial charge on any atom is 0.178 e. The lowest BCUT2D eigenvalue weighted by Gasteiger charge is -2.10. The number of halogens is 2. The van der Waals surface area contributed by atoms with Gasteiger partial charge in [-0.2, -0.15) is 0 Å². The van der Waals surface area contributed by atoms with Gasteiger partial charge in [-0.3, -0.25) is 4.79 Å². The van der Waals surface area contributed by atoms with Crippen LogP contribution in [0.5, 0.6) is 0 Å². The van der Waals surface area contributed by atoms with Crippen molar-refractivity contribution in [3.63, 3.8) is 0 Å².